The molecule has 0 aromatic heterocycles. The molecular weight excluding hydrogens is 563 g/mol. The summed E-state index contributed by atoms with van der Waals surface area (Å²) in [6.45, 7) is 4.23. The molecule has 2 saturated heterocycles. The van der Waals surface area contributed by atoms with Crippen molar-refractivity contribution in [1.82, 2.24) is 9.21 Å². The summed E-state index contributed by atoms with van der Waals surface area (Å²) in [5, 5.41) is 1.01. The largest absolute Gasteiger partial charge is 0.469 e. The monoisotopic (exact) mass is 596 g/mol. The second-order valence-electron chi connectivity index (χ2n) is 10.1. The molecule has 212 valence electrons. The second-order valence-corrected chi connectivity index (χ2v) is 12.9. The Labute approximate surface area is 240 Å². The number of hydrogen-bond acceptors (Lipinski definition) is 6. The molecule has 0 N–H and O–H groups in total. The minimum atomic E-state index is -3.67. The van der Waals surface area contributed by atoms with Crippen molar-refractivity contribution in [2.75, 3.05) is 19.4 Å². The number of methoxy groups -OCH3 is 1. The molecular formula is C28H34Cl2N2O6S. The van der Waals surface area contributed by atoms with Gasteiger partial charge in [-0.15, -0.1) is 0 Å². The maximum atomic E-state index is 14.1. The van der Waals surface area contributed by atoms with Gasteiger partial charge in [0.1, 0.15) is 12.2 Å². The first-order chi connectivity index (χ1) is 18.6. The minimum absolute atomic E-state index is 0.0914. The zero-order valence-corrected chi connectivity index (χ0v) is 24.6. The van der Waals surface area contributed by atoms with Crippen LogP contribution in [0, 0.1) is 0 Å². The SMILES string of the molecule is CC[C@@H](CS(=O)(=O)N1CCC[C@@H]1C)N1C(=O)[C@H](CC(=O)OC)O[C@H](c2cccc(Cl)c2)[C@H]1c1ccc(Cl)cc1. The number of sulfonamides is 1. The van der Waals surface area contributed by atoms with E-state index in [4.69, 9.17) is 32.7 Å². The highest BCUT2D eigenvalue weighted by atomic mass is 35.5. The van der Waals surface area contributed by atoms with Crippen LogP contribution in [0.15, 0.2) is 48.5 Å². The molecule has 0 unspecified atom stereocenters. The van der Waals surface area contributed by atoms with E-state index in [2.05, 4.69) is 0 Å². The number of benzene rings is 2. The van der Waals surface area contributed by atoms with Gasteiger partial charge >= 0.3 is 5.97 Å². The maximum Gasteiger partial charge on any atom is 0.308 e. The van der Waals surface area contributed by atoms with Gasteiger partial charge in [-0.1, -0.05) is 54.4 Å². The highest BCUT2D eigenvalue weighted by Crippen LogP contribution is 2.45. The van der Waals surface area contributed by atoms with Crippen molar-refractivity contribution in [3.63, 3.8) is 0 Å². The van der Waals surface area contributed by atoms with Crippen LogP contribution in [0.1, 0.15) is 62.8 Å². The molecule has 2 aromatic rings. The fraction of sp³-hybridized carbons (Fsp3) is 0.500. The Morgan fingerprint density at radius 3 is 2.44 bits per heavy atom. The zero-order chi connectivity index (χ0) is 28.3. The molecule has 0 radical (unpaired) electrons. The molecule has 0 saturated carbocycles. The Morgan fingerprint density at radius 1 is 1.13 bits per heavy atom. The molecule has 0 aliphatic carbocycles. The van der Waals surface area contributed by atoms with Gasteiger partial charge in [-0.3, -0.25) is 9.59 Å². The lowest BCUT2D eigenvalue weighted by molar-refractivity contribution is -0.183. The summed E-state index contributed by atoms with van der Waals surface area (Å²) in [5.41, 5.74) is 1.42. The van der Waals surface area contributed by atoms with Gasteiger partial charge < -0.3 is 14.4 Å². The number of amides is 1. The minimum Gasteiger partial charge on any atom is -0.469 e. The van der Waals surface area contributed by atoms with E-state index < -0.39 is 46.2 Å². The quantitative estimate of drug-likeness (QED) is 0.371. The molecule has 2 aromatic carbocycles. The number of nitrogens with zero attached hydrogens (tertiary/aromatic N) is 2. The Hall–Kier alpha value is -2.17. The van der Waals surface area contributed by atoms with Crippen molar-refractivity contribution in [2.45, 2.75) is 69.9 Å². The van der Waals surface area contributed by atoms with Gasteiger partial charge in [0.15, 0.2) is 0 Å². The average Bonchev–Trinajstić information content (AvgIpc) is 3.35. The number of rotatable bonds is 9. The van der Waals surface area contributed by atoms with Crippen molar-refractivity contribution in [1.29, 1.82) is 0 Å². The van der Waals surface area contributed by atoms with E-state index in [1.54, 1.807) is 47.4 Å². The van der Waals surface area contributed by atoms with E-state index in [1.807, 2.05) is 19.9 Å². The van der Waals surface area contributed by atoms with Crippen LogP contribution in [-0.2, 0) is 29.1 Å². The number of hydrogen-bond donors (Lipinski definition) is 0. The molecule has 2 heterocycles. The molecule has 39 heavy (non-hydrogen) atoms. The lowest BCUT2D eigenvalue weighted by Gasteiger charge is -2.48. The summed E-state index contributed by atoms with van der Waals surface area (Å²) in [7, 11) is -2.43. The first-order valence-electron chi connectivity index (χ1n) is 13.1. The van der Waals surface area contributed by atoms with Gasteiger partial charge in [0.2, 0.25) is 10.0 Å². The molecule has 2 fully saturated rings. The number of carbonyl (C=O) groups is 2. The number of morpholine rings is 1. The Balaban J connectivity index is 1.83. The third-order valence-electron chi connectivity index (χ3n) is 7.51. The van der Waals surface area contributed by atoms with Crippen LogP contribution in [0.5, 0.6) is 0 Å². The summed E-state index contributed by atoms with van der Waals surface area (Å²) in [6, 6.07) is 12.7. The number of ether oxygens (including phenoxy) is 2. The molecule has 0 bridgehead atoms. The van der Waals surface area contributed by atoms with E-state index in [0.29, 0.717) is 28.6 Å². The van der Waals surface area contributed by atoms with Gasteiger partial charge in [-0.05, 0) is 61.6 Å². The number of esters is 1. The third-order valence-corrected chi connectivity index (χ3v) is 10.1. The lowest BCUT2D eigenvalue weighted by Crippen LogP contribution is -2.57. The van der Waals surface area contributed by atoms with E-state index >= 15 is 0 Å². The Morgan fingerprint density at radius 2 is 1.85 bits per heavy atom. The maximum absolute atomic E-state index is 14.1. The van der Waals surface area contributed by atoms with E-state index in [0.717, 1.165) is 18.4 Å². The van der Waals surface area contributed by atoms with Gasteiger partial charge in [0.05, 0.1) is 25.3 Å². The lowest BCUT2D eigenvalue weighted by atomic mass is 9.89. The van der Waals surface area contributed by atoms with Crippen molar-refractivity contribution in [3.05, 3.63) is 69.7 Å². The number of halogens is 2. The van der Waals surface area contributed by atoms with Crippen LogP contribution in [0.25, 0.3) is 0 Å². The Bertz CT molecular complexity index is 1290. The smallest absolute Gasteiger partial charge is 0.308 e. The fourth-order valence-corrected chi connectivity index (χ4v) is 7.99. The third kappa shape index (κ3) is 6.60. The summed E-state index contributed by atoms with van der Waals surface area (Å²) < 4.78 is 39.9. The Kier molecular flexibility index (Phi) is 9.60. The summed E-state index contributed by atoms with van der Waals surface area (Å²) in [5.74, 6) is -1.30. The zero-order valence-electron chi connectivity index (χ0n) is 22.3. The summed E-state index contributed by atoms with van der Waals surface area (Å²) >= 11 is 12.5. The summed E-state index contributed by atoms with van der Waals surface area (Å²) in [4.78, 5) is 28.0. The van der Waals surface area contributed by atoms with E-state index in [9.17, 15) is 18.0 Å². The molecule has 11 heteroatoms. The molecule has 2 aliphatic heterocycles. The average molecular weight is 598 g/mol. The molecule has 8 nitrogen and oxygen atoms in total. The topological polar surface area (TPSA) is 93.2 Å². The fourth-order valence-electron chi connectivity index (χ4n) is 5.53. The second kappa shape index (κ2) is 12.6. The van der Waals surface area contributed by atoms with Gasteiger partial charge in [-0.25, -0.2) is 8.42 Å². The van der Waals surface area contributed by atoms with Crippen molar-refractivity contribution in [3.8, 4) is 0 Å². The van der Waals surface area contributed by atoms with Crippen LogP contribution < -0.4 is 0 Å². The van der Waals surface area contributed by atoms with E-state index in [1.165, 1.54) is 11.4 Å². The van der Waals surface area contributed by atoms with Gasteiger partial charge in [-0.2, -0.15) is 4.31 Å². The van der Waals surface area contributed by atoms with Crippen molar-refractivity contribution in [2.24, 2.45) is 0 Å². The molecule has 1 amide bonds. The predicted octanol–water partition coefficient (Wildman–Crippen LogP) is 5.16. The highest BCUT2D eigenvalue weighted by molar-refractivity contribution is 7.89. The first kappa shape index (κ1) is 29.8. The molecule has 2 aliphatic rings. The van der Waals surface area contributed by atoms with E-state index in [-0.39, 0.29) is 18.2 Å². The number of carbonyl (C=O) groups excluding carboxylic acids is 2. The normalized spacial score (nSPS) is 25.1. The molecule has 4 rings (SSSR count). The molecule has 5 atom stereocenters. The van der Waals surface area contributed by atoms with Gasteiger partial charge in [0, 0.05) is 28.7 Å². The van der Waals surface area contributed by atoms with Crippen LogP contribution in [0.3, 0.4) is 0 Å². The predicted molar refractivity (Wildman–Crippen MR) is 150 cm³/mol. The highest BCUT2D eigenvalue weighted by Gasteiger charge is 2.48. The van der Waals surface area contributed by atoms with Crippen LogP contribution in [0.2, 0.25) is 10.0 Å². The summed E-state index contributed by atoms with van der Waals surface area (Å²) in [6.07, 6.45) is -0.212. The van der Waals surface area contributed by atoms with Crippen LogP contribution in [0.4, 0.5) is 0 Å². The van der Waals surface area contributed by atoms with Crippen molar-refractivity contribution < 1.29 is 27.5 Å². The van der Waals surface area contributed by atoms with Crippen molar-refractivity contribution >= 4 is 45.1 Å². The van der Waals surface area contributed by atoms with Crippen LogP contribution in [-0.4, -0.2) is 67.1 Å². The van der Waals surface area contributed by atoms with Gasteiger partial charge in [0.25, 0.3) is 5.91 Å². The van der Waals surface area contributed by atoms with Crippen LogP contribution >= 0.6 is 23.2 Å². The first-order valence-corrected chi connectivity index (χ1v) is 15.5. The standard InChI is InChI=1S/C28H34Cl2N2O6S/c1-4-23(17-39(35,36)31-14-6-7-18(31)2)32-26(19-10-12-21(29)13-11-19)27(20-8-5-9-22(30)15-20)38-24(28(32)34)16-25(33)37-3/h5,8-13,15,18,23-24,26-27H,4,6-7,14,16-17H2,1-3H3/t18-,23-,24-,26+,27+/m0/s1. The molecule has 0 spiro atoms.